The Labute approximate surface area is 406 Å². The largest absolute Gasteiger partial charge is 0.389 e. The molecule has 17 nitrogen and oxygen atoms in total. The first-order valence-corrected chi connectivity index (χ1v) is 24.8. The van der Waals surface area contributed by atoms with Crippen molar-refractivity contribution in [3.8, 4) is 0 Å². The van der Waals surface area contributed by atoms with Crippen LogP contribution in [0.4, 0.5) is 17.5 Å². The van der Waals surface area contributed by atoms with Crippen molar-refractivity contribution in [1.82, 2.24) is 60.0 Å². The van der Waals surface area contributed by atoms with Gasteiger partial charge in [0.15, 0.2) is 0 Å². The van der Waals surface area contributed by atoms with E-state index in [-0.39, 0.29) is 12.4 Å². The number of hydrogen-bond donors (Lipinski definition) is 6. The van der Waals surface area contributed by atoms with Crippen molar-refractivity contribution >= 4 is 63.0 Å². The minimum absolute atomic E-state index is 0. The third-order valence-electron chi connectivity index (χ3n) is 16.1. The zero-order chi connectivity index (χ0) is 46.6. The van der Waals surface area contributed by atoms with E-state index in [4.69, 9.17) is 0 Å². The van der Waals surface area contributed by atoms with Crippen LogP contribution in [0, 0.1) is 35.5 Å². The highest BCUT2D eigenvalue weighted by Gasteiger charge is 2.45. The molecule has 3 unspecified atom stereocenters. The lowest BCUT2D eigenvalue weighted by Gasteiger charge is -2.29. The Morgan fingerprint density at radius 2 is 0.794 bits per heavy atom. The normalized spacial score (nSPS) is 27.9. The number of likely N-dealkylation sites (tertiary alicyclic amines) is 2. The van der Waals surface area contributed by atoms with Crippen molar-refractivity contribution in [3.63, 3.8) is 0 Å². The van der Waals surface area contributed by atoms with Gasteiger partial charge < -0.3 is 45.2 Å². The van der Waals surface area contributed by atoms with E-state index < -0.39 is 11.2 Å². The maximum Gasteiger partial charge on any atom is 0.142 e. The monoisotopic (exact) mass is 952 g/mol. The lowest BCUT2D eigenvalue weighted by Crippen LogP contribution is -2.39. The maximum absolute atomic E-state index is 10.0. The second-order valence-corrected chi connectivity index (χ2v) is 22.3. The molecule has 6 aromatic heterocycles. The standard InChI is InChI=1S/2C18H27N5O.C14H19N5.ClH/c2*1-18(2,24)10-23-8-12-6-14(7-13(12)9-23)22(3)17-15-4-5-19-16(15)20-11-21-17;1-19(11-4-9-6-15-7-10(9)5-11)14-12-2-3-16-13(12)17-8-18-14;/h2*4-5,11-14,24H,6-10H2,1-3H3,(H,19,20,21);2-3,8-11,15H,4-7H2,1H3,(H,16,17,18);1H/t2*12-,13+,14?;9-,10+,11?;. The van der Waals surface area contributed by atoms with Crippen molar-refractivity contribution in [2.45, 2.75) is 95.5 Å². The fraction of sp³-hybridized carbons (Fsp3) is 0.640. The number of halogens is 1. The quantitative estimate of drug-likeness (QED) is 0.1000. The Morgan fingerprint density at radius 1 is 0.500 bits per heavy atom. The van der Waals surface area contributed by atoms with Crippen LogP contribution in [0.15, 0.2) is 55.8 Å². The Balaban J connectivity index is 0.000000127. The first-order valence-electron chi connectivity index (χ1n) is 24.8. The molecule has 0 bridgehead atoms. The highest BCUT2D eigenvalue weighted by atomic mass is 35.5. The summed E-state index contributed by atoms with van der Waals surface area (Å²) in [6, 6.07) is 7.88. The van der Waals surface area contributed by atoms with Crippen LogP contribution in [0.5, 0.6) is 0 Å². The van der Waals surface area contributed by atoms with Crippen LogP contribution >= 0.6 is 12.4 Å². The summed E-state index contributed by atoms with van der Waals surface area (Å²) in [6.45, 7) is 16.0. The van der Waals surface area contributed by atoms with Gasteiger partial charge in [0.25, 0.3) is 0 Å². The van der Waals surface area contributed by atoms with Crippen LogP contribution in [0.25, 0.3) is 33.1 Å². The van der Waals surface area contributed by atoms with Crippen LogP contribution < -0.4 is 20.0 Å². The van der Waals surface area contributed by atoms with Gasteiger partial charge in [-0.25, -0.2) is 29.9 Å². The zero-order valence-corrected chi connectivity index (χ0v) is 41.8. The van der Waals surface area contributed by atoms with Crippen molar-refractivity contribution in [2.75, 3.05) is 88.2 Å². The summed E-state index contributed by atoms with van der Waals surface area (Å²) in [5, 5.41) is 26.9. The second kappa shape index (κ2) is 19.6. The van der Waals surface area contributed by atoms with Crippen LogP contribution in [0.1, 0.15) is 66.2 Å². The van der Waals surface area contributed by atoms with E-state index in [1.54, 1.807) is 19.0 Å². The molecule has 9 heterocycles. The van der Waals surface area contributed by atoms with Crippen LogP contribution in [-0.4, -0.2) is 168 Å². The van der Waals surface area contributed by atoms with E-state index in [1.807, 2.05) is 46.3 Å². The van der Waals surface area contributed by atoms with Gasteiger partial charge in [-0.2, -0.15) is 0 Å². The Morgan fingerprint density at radius 3 is 1.09 bits per heavy atom. The van der Waals surface area contributed by atoms with Gasteiger partial charge in [0.05, 0.1) is 27.4 Å². The van der Waals surface area contributed by atoms with Gasteiger partial charge in [-0.05, 0) is 133 Å². The summed E-state index contributed by atoms with van der Waals surface area (Å²) in [5.41, 5.74) is 1.53. The van der Waals surface area contributed by atoms with Gasteiger partial charge in [-0.3, -0.25) is 9.80 Å². The van der Waals surface area contributed by atoms with Crippen molar-refractivity contribution in [3.05, 3.63) is 55.8 Å². The number of hydrogen-bond acceptors (Lipinski definition) is 14. The molecule has 0 spiro atoms. The van der Waals surface area contributed by atoms with Crippen molar-refractivity contribution < 1.29 is 10.2 Å². The first kappa shape index (κ1) is 48.4. The first-order chi connectivity index (χ1) is 32.1. The SMILES string of the molecule is CN(c1ncnc2[nH]ccc12)C1C[C@@H]2CN(CC(C)(C)O)C[C@@H]2C1.CN(c1ncnc2[nH]ccc12)C1C[C@@H]2CN(CC(C)(C)O)C[C@@H]2C1.CN(c1ncnc2[nH]ccc12)C1C[C@H]2CNC[C@H]2C1.Cl. The fourth-order valence-electron chi connectivity index (χ4n) is 13.1. The van der Waals surface area contributed by atoms with Gasteiger partial charge in [0.1, 0.15) is 53.4 Å². The summed E-state index contributed by atoms with van der Waals surface area (Å²) >= 11 is 0. The second-order valence-electron chi connectivity index (χ2n) is 22.3. The molecule has 18 heteroatoms. The van der Waals surface area contributed by atoms with E-state index in [2.05, 4.69) is 114 Å². The molecule has 0 aromatic carbocycles. The minimum Gasteiger partial charge on any atom is -0.389 e. The van der Waals surface area contributed by atoms with E-state index in [1.165, 1.54) is 51.6 Å². The minimum atomic E-state index is -0.602. The predicted molar refractivity (Wildman–Crippen MR) is 272 cm³/mol. The lowest BCUT2D eigenvalue weighted by atomic mass is 10.0. The van der Waals surface area contributed by atoms with E-state index >= 15 is 0 Å². The number of aromatic nitrogens is 9. The molecule has 3 aliphatic carbocycles. The van der Waals surface area contributed by atoms with Crippen molar-refractivity contribution in [1.29, 1.82) is 0 Å². The highest BCUT2D eigenvalue weighted by Crippen LogP contribution is 2.44. The number of rotatable bonds is 10. The molecule has 3 saturated carbocycles. The molecule has 6 aromatic rings. The highest BCUT2D eigenvalue weighted by molar-refractivity contribution is 5.88. The molecule has 12 rings (SSSR count). The molecule has 0 amide bonds. The molecule has 368 valence electrons. The smallest absolute Gasteiger partial charge is 0.142 e. The number of nitrogens with zero attached hydrogens (tertiary/aromatic N) is 11. The summed E-state index contributed by atoms with van der Waals surface area (Å²) < 4.78 is 0. The van der Waals surface area contributed by atoms with Gasteiger partial charge in [-0.15, -0.1) is 12.4 Å². The van der Waals surface area contributed by atoms with E-state index in [0.717, 1.165) is 125 Å². The van der Waals surface area contributed by atoms with Gasteiger partial charge in [-0.1, -0.05) is 0 Å². The molecular formula is C50H74ClN15O2. The predicted octanol–water partition coefficient (Wildman–Crippen LogP) is 5.56. The number of H-pyrrole nitrogens is 3. The molecule has 0 radical (unpaired) electrons. The number of fused-ring (bicyclic) bond motifs is 6. The van der Waals surface area contributed by atoms with Crippen LogP contribution in [-0.2, 0) is 0 Å². The van der Waals surface area contributed by atoms with E-state index in [0.29, 0.717) is 18.1 Å². The topological polar surface area (TPSA) is 193 Å². The zero-order valence-electron chi connectivity index (χ0n) is 41.0. The Kier molecular flexibility index (Phi) is 14.0. The Bertz CT molecular complexity index is 2440. The van der Waals surface area contributed by atoms with Crippen LogP contribution in [0.3, 0.4) is 0 Å². The number of aliphatic hydroxyl groups is 2. The maximum atomic E-state index is 10.0. The number of β-amino-alcohol motifs (C(OH)–C–C–N with tert-alkyl or cyclic N) is 2. The third kappa shape index (κ3) is 10.3. The fourth-order valence-corrected chi connectivity index (χ4v) is 13.1. The summed E-state index contributed by atoms with van der Waals surface area (Å²) in [5.74, 6) is 7.79. The lowest BCUT2D eigenvalue weighted by molar-refractivity contribution is 0.0408. The molecule has 3 saturated heterocycles. The van der Waals surface area contributed by atoms with Crippen LogP contribution in [0.2, 0.25) is 0 Å². The van der Waals surface area contributed by atoms with Crippen molar-refractivity contribution in [2.24, 2.45) is 35.5 Å². The molecule has 9 atom stereocenters. The van der Waals surface area contributed by atoms with Gasteiger partial charge in [0.2, 0.25) is 0 Å². The summed E-state index contributed by atoms with van der Waals surface area (Å²) in [4.78, 5) is 47.8. The molecule has 6 fully saturated rings. The number of nitrogens with one attached hydrogen (secondary N) is 4. The summed E-state index contributed by atoms with van der Waals surface area (Å²) in [6.07, 6.45) is 18.1. The number of aromatic amines is 3. The summed E-state index contributed by atoms with van der Waals surface area (Å²) in [7, 11) is 6.50. The molecule has 68 heavy (non-hydrogen) atoms. The average Bonchev–Trinajstić information content (AvgIpc) is 4.12. The van der Waals surface area contributed by atoms with E-state index in [9.17, 15) is 10.2 Å². The molecule has 3 aliphatic heterocycles. The average molecular weight is 953 g/mol. The van der Waals surface area contributed by atoms with Gasteiger partial charge in [0, 0.05) is 97.1 Å². The third-order valence-corrected chi connectivity index (χ3v) is 16.1. The molecular weight excluding hydrogens is 878 g/mol. The van der Waals surface area contributed by atoms with Gasteiger partial charge >= 0.3 is 0 Å². The Hall–Kier alpha value is -4.65. The molecule has 6 aliphatic rings. The molecule has 6 N–H and O–H groups in total. The number of anilines is 3.